The Morgan fingerprint density at radius 3 is 2.43 bits per heavy atom. The highest BCUT2D eigenvalue weighted by Gasteiger charge is 2.12. The third kappa shape index (κ3) is 4.11. The summed E-state index contributed by atoms with van der Waals surface area (Å²) in [7, 11) is 1.61. The van der Waals surface area contributed by atoms with Crippen molar-refractivity contribution in [3.8, 4) is 5.75 Å². The lowest BCUT2D eigenvalue weighted by molar-refractivity contribution is 0.102. The second-order valence-electron chi connectivity index (χ2n) is 5.38. The first-order chi connectivity index (χ1) is 11.1. The summed E-state index contributed by atoms with van der Waals surface area (Å²) in [4.78, 5) is 12.6. The molecule has 0 radical (unpaired) electrons. The smallest absolute Gasteiger partial charge is 0.255 e. The van der Waals surface area contributed by atoms with E-state index in [1.807, 2.05) is 45.0 Å². The molecule has 0 saturated carbocycles. The molecule has 0 aliphatic rings. The highest BCUT2D eigenvalue weighted by Crippen LogP contribution is 2.23. The van der Waals surface area contributed by atoms with Crippen molar-refractivity contribution >= 4 is 11.6 Å². The first-order valence-electron chi connectivity index (χ1n) is 7.69. The molecule has 0 aromatic heterocycles. The number of para-hydroxylation sites is 1. The van der Waals surface area contributed by atoms with Crippen LogP contribution in [0, 0.1) is 13.8 Å². The Morgan fingerprint density at radius 1 is 1.13 bits per heavy atom. The molecule has 0 atom stereocenters. The topological polar surface area (TPSA) is 47.6 Å². The quantitative estimate of drug-likeness (QED) is 0.873. The molecule has 1 N–H and O–H groups in total. The van der Waals surface area contributed by atoms with Gasteiger partial charge in [0.25, 0.3) is 5.91 Å². The number of carbonyl (C=O) groups is 1. The van der Waals surface area contributed by atoms with Crippen LogP contribution in [0.5, 0.6) is 5.75 Å². The van der Waals surface area contributed by atoms with Gasteiger partial charge in [-0.25, -0.2) is 0 Å². The van der Waals surface area contributed by atoms with Crippen LogP contribution < -0.4 is 10.1 Å². The number of nitrogens with one attached hydrogen (secondary N) is 1. The number of ether oxygens (including phenoxy) is 2. The Kier molecular flexibility index (Phi) is 5.77. The lowest BCUT2D eigenvalue weighted by Crippen LogP contribution is -2.14. The molecule has 0 spiro atoms. The van der Waals surface area contributed by atoms with Gasteiger partial charge in [-0.05, 0) is 50.1 Å². The van der Waals surface area contributed by atoms with Gasteiger partial charge < -0.3 is 14.8 Å². The molecule has 2 aromatic carbocycles. The summed E-state index contributed by atoms with van der Waals surface area (Å²) in [6.07, 6.45) is 0. The highest BCUT2D eigenvalue weighted by molar-refractivity contribution is 6.05. The van der Waals surface area contributed by atoms with Crippen molar-refractivity contribution in [3.05, 3.63) is 58.7 Å². The Hall–Kier alpha value is -2.33. The van der Waals surface area contributed by atoms with Crippen molar-refractivity contribution in [1.82, 2.24) is 0 Å². The van der Waals surface area contributed by atoms with Crippen molar-refractivity contribution in [2.45, 2.75) is 27.4 Å². The maximum Gasteiger partial charge on any atom is 0.255 e. The monoisotopic (exact) mass is 313 g/mol. The lowest BCUT2D eigenvalue weighted by atomic mass is 10.1. The zero-order valence-electron chi connectivity index (χ0n) is 14.1. The van der Waals surface area contributed by atoms with E-state index < -0.39 is 0 Å². The normalized spacial score (nSPS) is 10.4. The Morgan fingerprint density at radius 2 is 1.83 bits per heavy atom. The number of methoxy groups -OCH3 is 1. The molecule has 122 valence electrons. The summed E-state index contributed by atoms with van der Waals surface area (Å²) in [6.45, 7) is 6.93. The van der Waals surface area contributed by atoms with Gasteiger partial charge in [0.1, 0.15) is 5.75 Å². The van der Waals surface area contributed by atoms with Gasteiger partial charge in [-0.2, -0.15) is 0 Å². The summed E-state index contributed by atoms with van der Waals surface area (Å²) in [5.74, 6) is 0.588. The predicted octanol–water partition coefficient (Wildman–Crippen LogP) is 4.10. The van der Waals surface area contributed by atoms with Gasteiger partial charge in [-0.1, -0.05) is 18.2 Å². The van der Waals surface area contributed by atoms with E-state index in [-0.39, 0.29) is 5.91 Å². The molecule has 0 bridgehead atoms. The molecule has 0 heterocycles. The number of benzene rings is 2. The first kappa shape index (κ1) is 17.0. The maximum atomic E-state index is 12.6. The molecule has 4 heteroatoms. The molecule has 2 aromatic rings. The zero-order valence-corrected chi connectivity index (χ0v) is 14.1. The average Bonchev–Trinajstić information content (AvgIpc) is 2.56. The molecule has 1 amide bonds. The Balaban J connectivity index is 2.25. The van der Waals surface area contributed by atoms with Crippen LogP contribution in [0.25, 0.3) is 0 Å². The van der Waals surface area contributed by atoms with E-state index in [4.69, 9.17) is 9.47 Å². The number of hydrogen-bond donors (Lipinski definition) is 1. The van der Waals surface area contributed by atoms with Crippen LogP contribution in [0.3, 0.4) is 0 Å². The average molecular weight is 313 g/mol. The summed E-state index contributed by atoms with van der Waals surface area (Å²) in [5.41, 5.74) is 4.40. The standard InChI is InChI=1S/C19H23NO3/c1-5-23-12-16-11-15(9-10-17(16)22-4)19(21)20-18-13(2)7-6-8-14(18)3/h6-11H,5,12H2,1-4H3,(H,20,21). The third-order valence-corrected chi connectivity index (χ3v) is 3.72. The van der Waals surface area contributed by atoms with Crippen molar-refractivity contribution in [1.29, 1.82) is 0 Å². The number of aryl methyl sites for hydroxylation is 2. The van der Waals surface area contributed by atoms with E-state index in [9.17, 15) is 4.79 Å². The van der Waals surface area contributed by atoms with Gasteiger partial charge in [-0.15, -0.1) is 0 Å². The highest BCUT2D eigenvalue weighted by atomic mass is 16.5. The van der Waals surface area contributed by atoms with Gasteiger partial charge in [0, 0.05) is 23.4 Å². The SMILES string of the molecule is CCOCc1cc(C(=O)Nc2c(C)cccc2C)ccc1OC. The second-order valence-corrected chi connectivity index (χ2v) is 5.38. The van der Waals surface area contributed by atoms with E-state index in [1.54, 1.807) is 19.2 Å². The van der Waals surface area contributed by atoms with Crippen LogP contribution in [-0.2, 0) is 11.3 Å². The molecule has 0 aliphatic carbocycles. The molecule has 4 nitrogen and oxygen atoms in total. The van der Waals surface area contributed by atoms with Gasteiger partial charge in [0.2, 0.25) is 0 Å². The van der Waals surface area contributed by atoms with Gasteiger partial charge >= 0.3 is 0 Å². The molecule has 23 heavy (non-hydrogen) atoms. The van der Waals surface area contributed by atoms with Crippen molar-refractivity contribution in [2.75, 3.05) is 19.0 Å². The number of hydrogen-bond acceptors (Lipinski definition) is 3. The van der Waals surface area contributed by atoms with Crippen LogP contribution >= 0.6 is 0 Å². The fraction of sp³-hybridized carbons (Fsp3) is 0.316. The van der Waals surface area contributed by atoms with Crippen molar-refractivity contribution in [3.63, 3.8) is 0 Å². The fourth-order valence-electron chi connectivity index (χ4n) is 2.44. The minimum absolute atomic E-state index is 0.136. The lowest BCUT2D eigenvalue weighted by Gasteiger charge is -2.13. The Bertz CT molecular complexity index is 675. The number of amides is 1. The molecule has 0 aliphatic heterocycles. The van der Waals surface area contributed by atoms with E-state index in [2.05, 4.69) is 5.32 Å². The fourth-order valence-corrected chi connectivity index (χ4v) is 2.44. The number of anilines is 1. The van der Waals surface area contributed by atoms with Crippen molar-refractivity contribution in [2.24, 2.45) is 0 Å². The third-order valence-electron chi connectivity index (χ3n) is 3.72. The van der Waals surface area contributed by atoms with Crippen molar-refractivity contribution < 1.29 is 14.3 Å². The maximum absolute atomic E-state index is 12.6. The minimum atomic E-state index is -0.136. The largest absolute Gasteiger partial charge is 0.496 e. The predicted molar refractivity (Wildman–Crippen MR) is 92.2 cm³/mol. The molecule has 0 fully saturated rings. The summed E-state index contributed by atoms with van der Waals surface area (Å²) in [5, 5.41) is 2.99. The Labute approximate surface area is 137 Å². The van der Waals surface area contributed by atoms with E-state index >= 15 is 0 Å². The van der Waals surface area contributed by atoms with Crippen LogP contribution in [0.15, 0.2) is 36.4 Å². The molecule has 0 saturated heterocycles. The summed E-state index contributed by atoms with van der Waals surface area (Å²) in [6, 6.07) is 11.3. The number of rotatable bonds is 6. The second kappa shape index (κ2) is 7.79. The summed E-state index contributed by atoms with van der Waals surface area (Å²) >= 11 is 0. The zero-order chi connectivity index (χ0) is 16.8. The van der Waals surface area contributed by atoms with E-state index in [1.165, 1.54) is 0 Å². The minimum Gasteiger partial charge on any atom is -0.496 e. The summed E-state index contributed by atoms with van der Waals surface area (Å²) < 4.78 is 10.8. The first-order valence-corrected chi connectivity index (χ1v) is 7.69. The molecule has 0 unspecified atom stereocenters. The van der Waals surface area contributed by atoms with Gasteiger partial charge in [-0.3, -0.25) is 4.79 Å². The van der Waals surface area contributed by atoms with Crippen LogP contribution in [0.2, 0.25) is 0 Å². The van der Waals surface area contributed by atoms with Gasteiger partial charge in [0.05, 0.1) is 13.7 Å². The molecule has 2 rings (SSSR count). The molecular weight excluding hydrogens is 290 g/mol. The van der Waals surface area contributed by atoms with Crippen LogP contribution in [0.4, 0.5) is 5.69 Å². The van der Waals surface area contributed by atoms with E-state index in [0.29, 0.717) is 18.8 Å². The van der Waals surface area contributed by atoms with E-state index in [0.717, 1.165) is 28.1 Å². The van der Waals surface area contributed by atoms with Gasteiger partial charge in [0.15, 0.2) is 0 Å². The van der Waals surface area contributed by atoms with Crippen LogP contribution in [-0.4, -0.2) is 19.6 Å². The number of carbonyl (C=O) groups excluding carboxylic acids is 1. The van der Waals surface area contributed by atoms with Crippen LogP contribution in [0.1, 0.15) is 34.0 Å². The molecular formula is C19H23NO3.